The van der Waals surface area contributed by atoms with Crippen LogP contribution in [0.15, 0.2) is 84.4 Å². The maximum Gasteiger partial charge on any atom is 0.308 e. The Bertz CT molecular complexity index is 1740. The first-order valence-corrected chi connectivity index (χ1v) is 13.5. The molecule has 0 aliphatic carbocycles. The molecule has 5 rings (SSSR count). The Morgan fingerprint density at radius 3 is 1.98 bits per heavy atom. The zero-order valence-corrected chi connectivity index (χ0v) is 24.3. The lowest BCUT2D eigenvalue weighted by Crippen LogP contribution is -2.57. The zero-order valence-electron chi connectivity index (χ0n) is 23.5. The van der Waals surface area contributed by atoms with Crippen LogP contribution in [0.2, 0.25) is 0 Å². The van der Waals surface area contributed by atoms with Gasteiger partial charge in [0.15, 0.2) is 5.11 Å². The van der Waals surface area contributed by atoms with Crippen molar-refractivity contribution in [1.82, 2.24) is 4.57 Å². The van der Waals surface area contributed by atoms with E-state index in [0.717, 1.165) is 33.8 Å². The standard InChI is InChI=1S/C33H29N3O4S/c1-20-11-12-28(17-21(20)2)36-32(39)30(31(38)35(33(36)41)26-9-7-6-8-10-26)19-25-18-22(3)34(23(25)4)27-13-15-29(16-14-27)40-24(5)37/h6-19H,1-5H3/b30-19-. The number of carbonyl (C=O) groups is 3. The predicted molar refractivity (Wildman–Crippen MR) is 164 cm³/mol. The number of aryl methyl sites for hydroxylation is 3. The highest BCUT2D eigenvalue weighted by molar-refractivity contribution is 7.81. The molecular formula is C33H29N3O4S. The Morgan fingerprint density at radius 1 is 0.756 bits per heavy atom. The molecule has 1 aromatic heterocycles. The van der Waals surface area contributed by atoms with Crippen LogP contribution in [-0.4, -0.2) is 27.5 Å². The van der Waals surface area contributed by atoms with Crippen LogP contribution in [-0.2, 0) is 14.4 Å². The van der Waals surface area contributed by atoms with Crippen molar-refractivity contribution in [3.8, 4) is 11.4 Å². The fraction of sp³-hybridized carbons (Fsp3) is 0.152. The van der Waals surface area contributed by atoms with Crippen molar-refractivity contribution >= 4 is 52.6 Å². The van der Waals surface area contributed by atoms with E-state index in [2.05, 4.69) is 0 Å². The number of ether oxygens (including phenoxy) is 1. The second-order valence-electron chi connectivity index (χ2n) is 9.98. The third-order valence-electron chi connectivity index (χ3n) is 7.14. The van der Waals surface area contributed by atoms with E-state index < -0.39 is 11.8 Å². The molecule has 1 fully saturated rings. The highest BCUT2D eigenvalue weighted by Gasteiger charge is 2.41. The zero-order chi connectivity index (χ0) is 29.4. The number of para-hydroxylation sites is 1. The van der Waals surface area contributed by atoms with Crippen molar-refractivity contribution in [2.75, 3.05) is 9.80 Å². The summed E-state index contributed by atoms with van der Waals surface area (Å²) < 4.78 is 7.17. The first kappa shape index (κ1) is 27.7. The minimum absolute atomic E-state index is 0.00568. The Balaban J connectivity index is 1.61. The number of carbonyl (C=O) groups excluding carboxylic acids is 3. The van der Waals surface area contributed by atoms with E-state index in [0.29, 0.717) is 17.1 Å². The Labute approximate surface area is 244 Å². The van der Waals surface area contributed by atoms with Crippen LogP contribution in [0.1, 0.15) is 35.0 Å². The van der Waals surface area contributed by atoms with Gasteiger partial charge < -0.3 is 9.30 Å². The van der Waals surface area contributed by atoms with E-state index in [9.17, 15) is 14.4 Å². The summed E-state index contributed by atoms with van der Waals surface area (Å²) in [7, 11) is 0. The van der Waals surface area contributed by atoms with E-state index in [1.807, 2.05) is 86.9 Å². The monoisotopic (exact) mass is 563 g/mol. The van der Waals surface area contributed by atoms with Crippen LogP contribution in [0, 0.1) is 27.7 Å². The number of amides is 2. The molecule has 2 heterocycles. The molecule has 0 spiro atoms. The van der Waals surface area contributed by atoms with Crippen molar-refractivity contribution in [2.45, 2.75) is 34.6 Å². The topological polar surface area (TPSA) is 71.8 Å². The molecule has 0 N–H and O–H groups in total. The van der Waals surface area contributed by atoms with Crippen LogP contribution in [0.25, 0.3) is 11.8 Å². The third kappa shape index (κ3) is 5.21. The average Bonchev–Trinajstić information content (AvgIpc) is 3.21. The highest BCUT2D eigenvalue weighted by Crippen LogP contribution is 2.32. The van der Waals surface area contributed by atoms with Gasteiger partial charge in [-0.25, -0.2) is 0 Å². The van der Waals surface area contributed by atoms with Gasteiger partial charge in [-0.2, -0.15) is 0 Å². The molecule has 4 aromatic rings. The SMILES string of the molecule is CC(=O)Oc1ccc(-n2c(C)cc(/C=C3/C(=O)N(c4ccccc4)C(=S)N(c4ccc(C)c(C)c4)C3=O)c2C)cc1. The van der Waals surface area contributed by atoms with Gasteiger partial charge in [-0.1, -0.05) is 24.3 Å². The van der Waals surface area contributed by atoms with Crippen LogP contribution in [0.5, 0.6) is 5.75 Å². The Kier molecular flexibility index (Phi) is 7.43. The molecule has 0 saturated carbocycles. The maximum atomic E-state index is 14.0. The fourth-order valence-corrected chi connectivity index (χ4v) is 5.32. The number of thiocarbonyl (C=S) groups is 1. The summed E-state index contributed by atoms with van der Waals surface area (Å²) >= 11 is 5.76. The maximum absolute atomic E-state index is 14.0. The van der Waals surface area contributed by atoms with Gasteiger partial charge in [-0.3, -0.25) is 24.2 Å². The van der Waals surface area contributed by atoms with Crippen LogP contribution >= 0.6 is 12.2 Å². The van der Waals surface area contributed by atoms with E-state index in [1.54, 1.807) is 30.3 Å². The summed E-state index contributed by atoms with van der Waals surface area (Å²) in [5, 5.41) is 0.102. The summed E-state index contributed by atoms with van der Waals surface area (Å²) in [6.45, 7) is 9.21. The molecule has 8 heteroatoms. The van der Waals surface area contributed by atoms with E-state index >= 15 is 0 Å². The summed E-state index contributed by atoms with van der Waals surface area (Å²) in [5.41, 5.74) is 6.61. The van der Waals surface area contributed by atoms with Gasteiger partial charge in [0, 0.05) is 24.0 Å². The average molecular weight is 564 g/mol. The lowest BCUT2D eigenvalue weighted by Gasteiger charge is -2.36. The van der Waals surface area contributed by atoms with Crippen LogP contribution in [0.4, 0.5) is 11.4 Å². The van der Waals surface area contributed by atoms with Crippen molar-refractivity contribution in [2.24, 2.45) is 0 Å². The molecule has 2 amide bonds. The van der Waals surface area contributed by atoms with E-state index in [1.165, 1.54) is 16.7 Å². The highest BCUT2D eigenvalue weighted by atomic mass is 32.1. The minimum Gasteiger partial charge on any atom is -0.427 e. The lowest BCUT2D eigenvalue weighted by molar-refractivity contribution is -0.132. The number of anilines is 2. The van der Waals surface area contributed by atoms with E-state index in [4.69, 9.17) is 17.0 Å². The molecule has 206 valence electrons. The second kappa shape index (κ2) is 11.0. The number of esters is 1. The second-order valence-corrected chi connectivity index (χ2v) is 10.3. The van der Waals surface area contributed by atoms with Gasteiger partial charge in [-0.15, -0.1) is 0 Å². The fourth-order valence-electron chi connectivity index (χ4n) is 4.94. The van der Waals surface area contributed by atoms with Gasteiger partial charge in [0.1, 0.15) is 11.3 Å². The molecule has 0 unspecified atom stereocenters. The molecule has 41 heavy (non-hydrogen) atoms. The first-order valence-electron chi connectivity index (χ1n) is 13.1. The third-order valence-corrected chi connectivity index (χ3v) is 7.50. The summed E-state index contributed by atoms with van der Waals surface area (Å²) in [5.74, 6) is -0.902. The van der Waals surface area contributed by atoms with Crippen LogP contribution < -0.4 is 14.5 Å². The molecule has 0 bridgehead atoms. The van der Waals surface area contributed by atoms with Gasteiger partial charge in [-0.05, 0) is 117 Å². The lowest BCUT2D eigenvalue weighted by atomic mass is 10.0. The van der Waals surface area contributed by atoms with Crippen molar-refractivity contribution in [3.63, 3.8) is 0 Å². The van der Waals surface area contributed by atoms with Crippen molar-refractivity contribution in [1.29, 1.82) is 0 Å². The number of aromatic nitrogens is 1. The molecule has 0 radical (unpaired) electrons. The first-order chi connectivity index (χ1) is 19.6. The van der Waals surface area contributed by atoms with Crippen molar-refractivity contribution < 1.29 is 19.1 Å². The molecule has 1 aliphatic heterocycles. The number of hydrogen-bond acceptors (Lipinski definition) is 5. The van der Waals surface area contributed by atoms with Gasteiger partial charge >= 0.3 is 5.97 Å². The Hall–Kier alpha value is -4.82. The minimum atomic E-state index is -0.484. The number of nitrogens with zero attached hydrogens (tertiary/aromatic N) is 3. The summed E-state index contributed by atoms with van der Waals surface area (Å²) in [4.78, 5) is 42.0. The predicted octanol–water partition coefficient (Wildman–Crippen LogP) is 6.38. The normalized spacial score (nSPS) is 14.7. The van der Waals surface area contributed by atoms with Gasteiger partial charge in [0.2, 0.25) is 0 Å². The van der Waals surface area contributed by atoms with Gasteiger partial charge in [0.05, 0.1) is 11.4 Å². The smallest absolute Gasteiger partial charge is 0.308 e. The largest absolute Gasteiger partial charge is 0.427 e. The number of benzene rings is 3. The molecule has 1 saturated heterocycles. The van der Waals surface area contributed by atoms with E-state index in [-0.39, 0.29) is 16.7 Å². The van der Waals surface area contributed by atoms with Crippen LogP contribution in [0.3, 0.4) is 0 Å². The van der Waals surface area contributed by atoms with Gasteiger partial charge in [0.25, 0.3) is 11.8 Å². The number of rotatable bonds is 5. The number of hydrogen-bond donors (Lipinski definition) is 0. The Morgan fingerprint density at radius 2 is 1.37 bits per heavy atom. The molecule has 1 aliphatic rings. The molecule has 0 atom stereocenters. The van der Waals surface area contributed by atoms with Crippen molar-refractivity contribution in [3.05, 3.63) is 113 Å². The molecule has 3 aromatic carbocycles. The quantitative estimate of drug-likeness (QED) is 0.0926. The summed E-state index contributed by atoms with van der Waals surface area (Å²) in [6.07, 6.45) is 1.64. The summed E-state index contributed by atoms with van der Waals surface area (Å²) in [6, 6.07) is 23.9. The molecule has 7 nitrogen and oxygen atoms in total. The molecular weight excluding hydrogens is 534 g/mol.